The van der Waals surface area contributed by atoms with E-state index in [4.69, 9.17) is 4.74 Å². The zero-order valence-electron chi connectivity index (χ0n) is 10.3. The van der Waals surface area contributed by atoms with Crippen LogP contribution in [0.4, 0.5) is 0 Å². The van der Waals surface area contributed by atoms with Gasteiger partial charge in [-0.1, -0.05) is 18.9 Å². The third-order valence-electron chi connectivity index (χ3n) is 3.42. The van der Waals surface area contributed by atoms with E-state index in [1.54, 1.807) is 12.1 Å². The van der Waals surface area contributed by atoms with Crippen molar-refractivity contribution in [1.82, 2.24) is 0 Å². The monoisotopic (exact) mass is 266 g/mol. The number of carbonyl (C=O) groups is 1. The van der Waals surface area contributed by atoms with Gasteiger partial charge in [-0.3, -0.25) is 4.79 Å². The first-order valence-electron chi connectivity index (χ1n) is 6.29. The van der Waals surface area contributed by atoms with Gasteiger partial charge in [0.05, 0.1) is 5.75 Å². The number of hydrogen-bond donors (Lipinski definition) is 2. The van der Waals surface area contributed by atoms with E-state index in [0.717, 1.165) is 24.0 Å². The maximum atomic E-state index is 11.0. The van der Waals surface area contributed by atoms with Crippen LogP contribution < -0.4 is 0 Å². The summed E-state index contributed by atoms with van der Waals surface area (Å²) >= 11 is 3.86. The first-order valence-corrected chi connectivity index (χ1v) is 6.92. The Morgan fingerprint density at radius 2 is 2.11 bits per heavy atom. The van der Waals surface area contributed by atoms with E-state index in [1.807, 2.05) is 6.07 Å². The van der Waals surface area contributed by atoms with Gasteiger partial charge < -0.3 is 9.84 Å². The summed E-state index contributed by atoms with van der Waals surface area (Å²) in [5.41, 5.74) is 1.91. The maximum absolute atomic E-state index is 11.0. The zero-order valence-corrected chi connectivity index (χ0v) is 11.2. The smallest absolute Gasteiger partial charge is 0.315 e. The number of ether oxygens (including phenoxy) is 1. The first-order chi connectivity index (χ1) is 8.70. The molecule has 0 radical (unpaired) electrons. The van der Waals surface area contributed by atoms with Crippen molar-refractivity contribution in [3.05, 3.63) is 29.3 Å². The van der Waals surface area contributed by atoms with Gasteiger partial charge in [-0.05, 0) is 42.0 Å². The number of phenols is 1. The second-order valence-electron chi connectivity index (χ2n) is 4.69. The largest absolute Gasteiger partial charge is 0.508 e. The van der Waals surface area contributed by atoms with Gasteiger partial charge in [-0.25, -0.2) is 0 Å². The van der Waals surface area contributed by atoms with Crippen molar-refractivity contribution in [1.29, 1.82) is 0 Å². The third-order valence-corrected chi connectivity index (χ3v) is 3.67. The molecule has 0 bridgehead atoms. The molecule has 4 heteroatoms. The number of rotatable bonds is 4. The summed E-state index contributed by atoms with van der Waals surface area (Å²) < 4.78 is 5.04. The molecule has 1 fully saturated rings. The van der Waals surface area contributed by atoms with Crippen molar-refractivity contribution >= 4 is 18.6 Å². The molecule has 18 heavy (non-hydrogen) atoms. The van der Waals surface area contributed by atoms with Crippen LogP contribution in [0.15, 0.2) is 18.2 Å². The van der Waals surface area contributed by atoms with E-state index in [9.17, 15) is 9.90 Å². The minimum atomic E-state index is -0.325. The Labute approximate surface area is 113 Å². The lowest BCUT2D eigenvalue weighted by Crippen LogP contribution is -2.06. The lowest BCUT2D eigenvalue weighted by Gasteiger charge is -2.13. The van der Waals surface area contributed by atoms with Crippen LogP contribution in [0.2, 0.25) is 0 Å². The van der Waals surface area contributed by atoms with Crippen LogP contribution in [-0.4, -0.2) is 16.8 Å². The van der Waals surface area contributed by atoms with Crippen molar-refractivity contribution in [2.75, 3.05) is 5.75 Å². The lowest BCUT2D eigenvalue weighted by atomic mass is 9.95. The van der Waals surface area contributed by atoms with Gasteiger partial charge in [-0.2, -0.15) is 12.6 Å². The molecule has 0 heterocycles. The predicted molar refractivity (Wildman–Crippen MR) is 73.0 cm³/mol. The Morgan fingerprint density at radius 1 is 1.39 bits per heavy atom. The number of phenolic OH excluding ortho intramolecular Hbond substituents is 1. The highest BCUT2D eigenvalue weighted by atomic mass is 32.1. The summed E-state index contributed by atoms with van der Waals surface area (Å²) in [4.78, 5) is 11.0. The molecule has 98 valence electrons. The highest BCUT2D eigenvalue weighted by molar-refractivity contribution is 7.81. The van der Waals surface area contributed by atoms with E-state index in [0.29, 0.717) is 11.7 Å². The quantitative estimate of drug-likeness (QED) is 0.650. The molecule has 0 aromatic heterocycles. The molecule has 0 saturated heterocycles. The minimum Gasteiger partial charge on any atom is -0.508 e. The number of hydrogen-bond acceptors (Lipinski definition) is 4. The molecule has 1 N–H and O–H groups in total. The summed E-state index contributed by atoms with van der Waals surface area (Å²) in [5, 5.41) is 9.90. The Morgan fingerprint density at radius 3 is 2.78 bits per heavy atom. The molecule has 0 atom stereocenters. The van der Waals surface area contributed by atoms with Crippen LogP contribution in [0, 0.1) is 0 Å². The normalized spacial score (nSPS) is 15.8. The Balaban J connectivity index is 2.08. The summed E-state index contributed by atoms with van der Waals surface area (Å²) in [6, 6.07) is 5.44. The molecule has 0 spiro atoms. The van der Waals surface area contributed by atoms with Crippen LogP contribution in [0.5, 0.6) is 5.75 Å². The highest BCUT2D eigenvalue weighted by Gasteiger charge is 2.20. The third kappa shape index (κ3) is 3.19. The Hall–Kier alpha value is -1.16. The molecule has 1 saturated carbocycles. The van der Waals surface area contributed by atoms with Gasteiger partial charge in [0.1, 0.15) is 12.4 Å². The molecule has 1 aromatic carbocycles. The molecule has 0 unspecified atom stereocenters. The number of esters is 1. The van der Waals surface area contributed by atoms with Gasteiger partial charge in [0.2, 0.25) is 0 Å². The fourth-order valence-corrected chi connectivity index (χ4v) is 2.56. The maximum Gasteiger partial charge on any atom is 0.315 e. The molecule has 3 nitrogen and oxygen atoms in total. The van der Waals surface area contributed by atoms with Crippen LogP contribution in [0.1, 0.15) is 42.7 Å². The van der Waals surface area contributed by atoms with E-state index < -0.39 is 0 Å². The molecule has 2 rings (SSSR count). The second kappa shape index (κ2) is 6.14. The molecular formula is C14H18O3S. The van der Waals surface area contributed by atoms with Crippen LogP contribution in [-0.2, 0) is 16.1 Å². The fraction of sp³-hybridized carbons (Fsp3) is 0.500. The zero-order chi connectivity index (χ0) is 13.0. The standard InChI is InChI=1S/C14H18O3S/c15-13-6-5-10(8-17-14(16)9-18)7-12(13)11-3-1-2-4-11/h5-7,11,15,18H,1-4,8-9H2. The second-order valence-corrected chi connectivity index (χ2v) is 5.01. The van der Waals surface area contributed by atoms with E-state index in [2.05, 4.69) is 12.6 Å². The molecule has 1 aliphatic carbocycles. The van der Waals surface area contributed by atoms with Crippen molar-refractivity contribution < 1.29 is 14.6 Å². The van der Waals surface area contributed by atoms with Gasteiger partial charge in [-0.15, -0.1) is 0 Å². The average Bonchev–Trinajstić information content (AvgIpc) is 2.91. The number of benzene rings is 1. The predicted octanol–water partition coefficient (Wildman–Crippen LogP) is 3.02. The summed E-state index contributed by atoms with van der Waals surface area (Å²) in [6.45, 7) is 0.249. The van der Waals surface area contributed by atoms with E-state index >= 15 is 0 Å². The van der Waals surface area contributed by atoms with Crippen molar-refractivity contribution in [2.24, 2.45) is 0 Å². The Kier molecular flexibility index (Phi) is 4.53. The molecular weight excluding hydrogens is 248 g/mol. The van der Waals surface area contributed by atoms with Crippen LogP contribution in [0.25, 0.3) is 0 Å². The number of aromatic hydroxyl groups is 1. The molecule has 1 aliphatic rings. The molecule has 1 aromatic rings. The molecule has 0 amide bonds. The van der Waals surface area contributed by atoms with Crippen molar-refractivity contribution in [2.45, 2.75) is 38.2 Å². The topological polar surface area (TPSA) is 46.5 Å². The lowest BCUT2D eigenvalue weighted by molar-refractivity contribution is -0.141. The van der Waals surface area contributed by atoms with Gasteiger partial charge in [0.15, 0.2) is 0 Å². The van der Waals surface area contributed by atoms with E-state index in [-0.39, 0.29) is 18.3 Å². The molecule has 0 aliphatic heterocycles. The van der Waals surface area contributed by atoms with Crippen molar-refractivity contribution in [3.63, 3.8) is 0 Å². The Bertz CT molecular complexity index is 425. The van der Waals surface area contributed by atoms with E-state index in [1.165, 1.54) is 12.8 Å². The first kappa shape index (κ1) is 13.3. The number of carbonyl (C=O) groups excluding carboxylic acids is 1. The highest BCUT2D eigenvalue weighted by Crippen LogP contribution is 2.38. The average molecular weight is 266 g/mol. The SMILES string of the molecule is O=C(CS)OCc1ccc(O)c(C2CCCC2)c1. The van der Waals surface area contributed by atoms with Crippen LogP contribution in [0.3, 0.4) is 0 Å². The van der Waals surface area contributed by atoms with Crippen molar-refractivity contribution in [3.8, 4) is 5.75 Å². The minimum absolute atomic E-state index is 0.0908. The van der Waals surface area contributed by atoms with Gasteiger partial charge >= 0.3 is 5.97 Å². The van der Waals surface area contributed by atoms with Gasteiger partial charge in [0, 0.05) is 0 Å². The number of thiol groups is 1. The summed E-state index contributed by atoms with van der Waals surface area (Å²) in [7, 11) is 0. The summed E-state index contributed by atoms with van der Waals surface area (Å²) in [5.74, 6) is 0.568. The van der Waals surface area contributed by atoms with Crippen LogP contribution >= 0.6 is 12.6 Å². The summed E-state index contributed by atoms with van der Waals surface area (Å²) in [6.07, 6.45) is 4.72. The van der Waals surface area contributed by atoms with Gasteiger partial charge in [0.25, 0.3) is 0 Å². The fourth-order valence-electron chi connectivity index (χ4n) is 2.47.